The molecule has 0 radical (unpaired) electrons. The smallest absolute Gasteiger partial charge is 0.186 e. The summed E-state index contributed by atoms with van der Waals surface area (Å²) in [6.45, 7) is 1.93. The van der Waals surface area contributed by atoms with Gasteiger partial charge in [0, 0.05) is 0 Å². The molecule has 1 N–H and O–H groups in total. The van der Waals surface area contributed by atoms with Crippen molar-refractivity contribution in [3.63, 3.8) is 0 Å². The highest BCUT2D eigenvalue weighted by atomic mass is 16.6. The number of unbranched alkanes of at least 4 members (excludes halogenated alkanes) is 1. The molecule has 0 heterocycles. The summed E-state index contributed by atoms with van der Waals surface area (Å²) in [6, 6.07) is 7.86. The van der Waals surface area contributed by atoms with E-state index in [-0.39, 0.29) is 6.79 Å². The van der Waals surface area contributed by atoms with E-state index in [1.165, 1.54) is 18.4 Å². The van der Waals surface area contributed by atoms with Gasteiger partial charge in [-0.15, -0.1) is 0 Å². The lowest BCUT2D eigenvalue weighted by Gasteiger charge is -2.03. The fraction of sp³-hybridized carbons (Fsp3) is 0.455. The largest absolute Gasteiger partial charge is 0.468 e. The number of ether oxygens (including phenoxy) is 1. The van der Waals surface area contributed by atoms with Gasteiger partial charge < -0.3 is 9.84 Å². The Morgan fingerprint density at radius 2 is 1.92 bits per heavy atom. The summed E-state index contributed by atoms with van der Waals surface area (Å²) in [7, 11) is 0. The number of hydrogen-bond donors (Lipinski definition) is 1. The van der Waals surface area contributed by atoms with Crippen molar-refractivity contribution in [3.8, 4) is 5.75 Å². The third-order valence-electron chi connectivity index (χ3n) is 1.97. The molecule has 0 saturated carbocycles. The summed E-state index contributed by atoms with van der Waals surface area (Å²) < 4.78 is 4.92. The molecule has 13 heavy (non-hydrogen) atoms. The number of aliphatic hydroxyl groups is 1. The van der Waals surface area contributed by atoms with Crippen molar-refractivity contribution in [3.05, 3.63) is 29.8 Å². The van der Waals surface area contributed by atoms with Gasteiger partial charge in [-0.05, 0) is 30.5 Å². The molecule has 2 heteroatoms. The summed E-state index contributed by atoms with van der Waals surface area (Å²) in [6.07, 6.45) is 3.56. The fourth-order valence-corrected chi connectivity index (χ4v) is 1.21. The Labute approximate surface area is 79.2 Å². The van der Waals surface area contributed by atoms with Crippen LogP contribution in [0.3, 0.4) is 0 Å². The SMILES string of the molecule is CCCCc1ccc(OCO)cc1. The molecular formula is C11H16O2. The number of aryl methyl sites for hydroxylation is 1. The Morgan fingerprint density at radius 3 is 2.46 bits per heavy atom. The lowest BCUT2D eigenvalue weighted by atomic mass is 10.1. The maximum absolute atomic E-state index is 8.51. The highest BCUT2D eigenvalue weighted by molar-refractivity contribution is 5.27. The lowest BCUT2D eigenvalue weighted by molar-refractivity contribution is 0.0985. The van der Waals surface area contributed by atoms with E-state index >= 15 is 0 Å². The Bertz CT molecular complexity index is 228. The van der Waals surface area contributed by atoms with Crippen LogP contribution in [0.4, 0.5) is 0 Å². The van der Waals surface area contributed by atoms with Crippen LogP contribution in [-0.4, -0.2) is 11.9 Å². The topological polar surface area (TPSA) is 29.5 Å². The van der Waals surface area contributed by atoms with Crippen molar-refractivity contribution in [2.75, 3.05) is 6.79 Å². The molecule has 1 rings (SSSR count). The van der Waals surface area contributed by atoms with E-state index in [1.807, 2.05) is 24.3 Å². The lowest BCUT2D eigenvalue weighted by Crippen LogP contribution is -1.94. The van der Waals surface area contributed by atoms with E-state index in [0.29, 0.717) is 0 Å². The highest BCUT2D eigenvalue weighted by Gasteiger charge is 1.94. The molecule has 0 aliphatic carbocycles. The summed E-state index contributed by atoms with van der Waals surface area (Å²) >= 11 is 0. The highest BCUT2D eigenvalue weighted by Crippen LogP contribution is 2.13. The summed E-state index contributed by atoms with van der Waals surface area (Å²) in [5.41, 5.74) is 1.33. The van der Waals surface area contributed by atoms with Crippen molar-refractivity contribution in [2.24, 2.45) is 0 Å². The fourth-order valence-electron chi connectivity index (χ4n) is 1.21. The Morgan fingerprint density at radius 1 is 1.23 bits per heavy atom. The normalized spacial score (nSPS) is 10.0. The molecule has 0 aromatic heterocycles. The summed E-state index contributed by atoms with van der Waals surface area (Å²) in [4.78, 5) is 0. The van der Waals surface area contributed by atoms with E-state index in [0.717, 1.165) is 12.2 Å². The van der Waals surface area contributed by atoms with Gasteiger partial charge in [-0.1, -0.05) is 25.5 Å². The zero-order valence-corrected chi connectivity index (χ0v) is 7.99. The molecular weight excluding hydrogens is 164 g/mol. The van der Waals surface area contributed by atoms with Gasteiger partial charge in [-0.3, -0.25) is 0 Å². The number of rotatable bonds is 5. The zero-order chi connectivity index (χ0) is 9.52. The first-order valence-corrected chi connectivity index (χ1v) is 4.69. The monoisotopic (exact) mass is 180 g/mol. The van der Waals surface area contributed by atoms with Gasteiger partial charge >= 0.3 is 0 Å². The van der Waals surface area contributed by atoms with Gasteiger partial charge in [-0.25, -0.2) is 0 Å². The van der Waals surface area contributed by atoms with Crippen LogP contribution in [0.1, 0.15) is 25.3 Å². The van der Waals surface area contributed by atoms with Gasteiger partial charge in [-0.2, -0.15) is 0 Å². The molecule has 0 fully saturated rings. The first-order chi connectivity index (χ1) is 6.36. The second-order valence-corrected chi connectivity index (χ2v) is 3.02. The van der Waals surface area contributed by atoms with Gasteiger partial charge in [0.05, 0.1) is 0 Å². The van der Waals surface area contributed by atoms with Gasteiger partial charge in [0.2, 0.25) is 0 Å². The van der Waals surface area contributed by atoms with Crippen LogP contribution in [0.15, 0.2) is 24.3 Å². The van der Waals surface area contributed by atoms with Crippen molar-refractivity contribution >= 4 is 0 Å². The first kappa shape index (κ1) is 10.1. The standard InChI is InChI=1S/C11H16O2/c1-2-3-4-10-5-7-11(8-6-10)13-9-12/h5-8,12H,2-4,9H2,1H3. The van der Waals surface area contributed by atoms with Crippen molar-refractivity contribution in [1.82, 2.24) is 0 Å². The second kappa shape index (κ2) is 5.60. The van der Waals surface area contributed by atoms with Crippen LogP contribution < -0.4 is 4.74 Å². The molecule has 2 nitrogen and oxygen atoms in total. The minimum Gasteiger partial charge on any atom is -0.468 e. The van der Waals surface area contributed by atoms with Gasteiger partial charge in [0.15, 0.2) is 6.79 Å². The maximum atomic E-state index is 8.51. The minimum atomic E-state index is -0.256. The molecule has 1 aromatic carbocycles. The van der Waals surface area contributed by atoms with Crippen LogP contribution >= 0.6 is 0 Å². The molecule has 0 aliphatic heterocycles. The van der Waals surface area contributed by atoms with Crippen LogP contribution in [0.25, 0.3) is 0 Å². The Kier molecular flexibility index (Phi) is 4.33. The summed E-state index contributed by atoms with van der Waals surface area (Å²) in [5.74, 6) is 0.725. The second-order valence-electron chi connectivity index (χ2n) is 3.02. The van der Waals surface area contributed by atoms with Crippen molar-refractivity contribution in [1.29, 1.82) is 0 Å². The predicted octanol–water partition coefficient (Wildman–Crippen LogP) is 2.36. The number of aliphatic hydroxyl groups excluding tert-OH is 1. The molecule has 0 atom stereocenters. The van der Waals surface area contributed by atoms with Crippen LogP contribution in [0, 0.1) is 0 Å². The van der Waals surface area contributed by atoms with E-state index < -0.39 is 0 Å². The van der Waals surface area contributed by atoms with Crippen LogP contribution in [0.5, 0.6) is 5.75 Å². The third kappa shape index (κ3) is 3.47. The molecule has 0 aliphatic rings. The van der Waals surface area contributed by atoms with Gasteiger partial charge in [0.1, 0.15) is 5.75 Å². The molecule has 0 saturated heterocycles. The molecule has 0 unspecified atom stereocenters. The molecule has 0 amide bonds. The van der Waals surface area contributed by atoms with E-state index in [4.69, 9.17) is 9.84 Å². The molecule has 0 bridgehead atoms. The average Bonchev–Trinajstić information content (AvgIpc) is 2.17. The number of benzene rings is 1. The van der Waals surface area contributed by atoms with Gasteiger partial charge in [0.25, 0.3) is 0 Å². The molecule has 72 valence electrons. The first-order valence-electron chi connectivity index (χ1n) is 4.69. The molecule has 1 aromatic rings. The number of hydrogen-bond acceptors (Lipinski definition) is 2. The van der Waals surface area contributed by atoms with Crippen LogP contribution in [-0.2, 0) is 6.42 Å². The Balaban J connectivity index is 2.48. The summed E-state index contributed by atoms with van der Waals surface area (Å²) in [5, 5.41) is 8.51. The van der Waals surface area contributed by atoms with Crippen molar-refractivity contribution in [2.45, 2.75) is 26.2 Å². The molecule has 0 spiro atoms. The van der Waals surface area contributed by atoms with Crippen LogP contribution in [0.2, 0.25) is 0 Å². The predicted molar refractivity (Wildman–Crippen MR) is 52.8 cm³/mol. The quantitative estimate of drug-likeness (QED) is 0.705. The minimum absolute atomic E-state index is 0.256. The third-order valence-corrected chi connectivity index (χ3v) is 1.97. The Hall–Kier alpha value is -1.02. The van der Waals surface area contributed by atoms with E-state index in [1.54, 1.807) is 0 Å². The van der Waals surface area contributed by atoms with E-state index in [2.05, 4.69) is 6.92 Å². The maximum Gasteiger partial charge on any atom is 0.186 e. The van der Waals surface area contributed by atoms with E-state index in [9.17, 15) is 0 Å². The van der Waals surface area contributed by atoms with Crippen molar-refractivity contribution < 1.29 is 9.84 Å². The zero-order valence-electron chi connectivity index (χ0n) is 7.99. The average molecular weight is 180 g/mol.